The van der Waals surface area contributed by atoms with Gasteiger partial charge in [-0.25, -0.2) is 0 Å². The molecule has 1 aromatic heterocycles. The molecule has 1 saturated heterocycles. The molecule has 6 heteroatoms. The van der Waals surface area contributed by atoms with Crippen molar-refractivity contribution < 1.29 is 4.42 Å². The van der Waals surface area contributed by atoms with Crippen LogP contribution in [-0.4, -0.2) is 30.6 Å². The second-order valence-corrected chi connectivity index (χ2v) is 5.48. The minimum absolute atomic E-state index is 0. The van der Waals surface area contributed by atoms with Crippen molar-refractivity contribution in [1.29, 1.82) is 0 Å². The monoisotopic (exact) mass is 381 g/mol. The van der Waals surface area contributed by atoms with Crippen molar-refractivity contribution in [2.24, 2.45) is 4.99 Å². The molecule has 1 aromatic rings. The maximum absolute atomic E-state index is 5.02. The Kier molecular flexibility index (Phi) is 7.57. The van der Waals surface area contributed by atoms with Gasteiger partial charge in [-0.3, -0.25) is 4.99 Å². The van der Waals surface area contributed by atoms with Crippen LogP contribution in [0, 0.1) is 0 Å². The summed E-state index contributed by atoms with van der Waals surface area (Å²) in [4.78, 5) is 4.20. The van der Waals surface area contributed by atoms with E-state index in [0.29, 0.717) is 0 Å². The highest BCUT2D eigenvalue weighted by atomic mass is 127. The predicted molar refractivity (Wildman–Crippen MR) is 87.8 cm³/mol. The average Bonchev–Trinajstić information content (AvgIpc) is 3.02. The molecular formula is C12H20IN3OS. The fraction of sp³-hybridized carbons (Fsp3) is 0.583. The fourth-order valence-electron chi connectivity index (χ4n) is 1.82. The van der Waals surface area contributed by atoms with Crippen molar-refractivity contribution in [3.8, 4) is 0 Å². The third-order valence-corrected chi connectivity index (χ3v) is 4.18. The second kappa shape index (κ2) is 8.68. The zero-order valence-electron chi connectivity index (χ0n) is 10.5. The largest absolute Gasteiger partial charge is 0.472 e. The molecule has 2 rings (SSSR count). The van der Waals surface area contributed by atoms with Gasteiger partial charge in [-0.2, -0.15) is 11.8 Å². The zero-order chi connectivity index (χ0) is 11.9. The van der Waals surface area contributed by atoms with Gasteiger partial charge in [0, 0.05) is 31.0 Å². The molecule has 1 fully saturated rings. The molecule has 0 radical (unpaired) electrons. The lowest BCUT2D eigenvalue weighted by atomic mass is 10.2. The molecule has 2 N–H and O–H groups in total. The molecule has 102 valence electrons. The molecule has 0 saturated carbocycles. The first-order valence-electron chi connectivity index (χ1n) is 5.95. The fourth-order valence-corrected chi connectivity index (χ4v) is 3.02. The van der Waals surface area contributed by atoms with E-state index in [9.17, 15) is 0 Å². The van der Waals surface area contributed by atoms with Crippen LogP contribution in [0.1, 0.15) is 18.4 Å². The Labute approximate surface area is 129 Å². The molecule has 0 spiro atoms. The Bertz CT molecular complexity index is 350. The quantitative estimate of drug-likeness (QED) is 0.478. The van der Waals surface area contributed by atoms with Gasteiger partial charge < -0.3 is 15.1 Å². The van der Waals surface area contributed by atoms with E-state index >= 15 is 0 Å². The number of hydrogen-bond donors (Lipinski definition) is 2. The normalized spacial score (nSPS) is 19.4. The maximum Gasteiger partial charge on any atom is 0.191 e. The SMILES string of the molecule is CN=C(NCc1ccoc1)NCC1CCCS1.I. The van der Waals surface area contributed by atoms with Crippen LogP contribution in [-0.2, 0) is 6.54 Å². The van der Waals surface area contributed by atoms with Crippen LogP contribution in [0.25, 0.3) is 0 Å². The van der Waals surface area contributed by atoms with Gasteiger partial charge in [0.25, 0.3) is 0 Å². The lowest BCUT2D eigenvalue weighted by Crippen LogP contribution is -2.39. The highest BCUT2D eigenvalue weighted by Gasteiger charge is 2.15. The summed E-state index contributed by atoms with van der Waals surface area (Å²) in [6, 6.07) is 1.95. The van der Waals surface area contributed by atoms with Gasteiger partial charge in [0.2, 0.25) is 0 Å². The van der Waals surface area contributed by atoms with Crippen molar-refractivity contribution in [1.82, 2.24) is 10.6 Å². The molecule has 1 aliphatic rings. The Morgan fingerprint density at radius 1 is 1.56 bits per heavy atom. The molecule has 1 atom stereocenters. The summed E-state index contributed by atoms with van der Waals surface area (Å²) in [5, 5.41) is 7.37. The van der Waals surface area contributed by atoms with Crippen LogP contribution in [0.2, 0.25) is 0 Å². The van der Waals surface area contributed by atoms with E-state index in [2.05, 4.69) is 27.4 Å². The number of nitrogens with one attached hydrogen (secondary N) is 2. The van der Waals surface area contributed by atoms with Crippen LogP contribution >= 0.6 is 35.7 Å². The molecule has 0 bridgehead atoms. The Hall–Kier alpha value is -0.370. The van der Waals surface area contributed by atoms with Crippen molar-refractivity contribution in [2.75, 3.05) is 19.3 Å². The summed E-state index contributed by atoms with van der Waals surface area (Å²) in [5.41, 5.74) is 1.13. The van der Waals surface area contributed by atoms with Gasteiger partial charge >= 0.3 is 0 Å². The number of furan rings is 1. The van der Waals surface area contributed by atoms with E-state index in [0.717, 1.165) is 29.9 Å². The molecule has 0 aliphatic carbocycles. The Balaban J connectivity index is 0.00000162. The molecule has 4 nitrogen and oxygen atoms in total. The van der Waals surface area contributed by atoms with Crippen LogP contribution in [0.3, 0.4) is 0 Å². The molecule has 2 heterocycles. The molecule has 1 aliphatic heterocycles. The Morgan fingerprint density at radius 2 is 2.44 bits per heavy atom. The molecule has 0 amide bonds. The number of hydrogen-bond acceptors (Lipinski definition) is 3. The second-order valence-electron chi connectivity index (χ2n) is 4.07. The van der Waals surface area contributed by atoms with Gasteiger partial charge in [0.05, 0.1) is 12.5 Å². The molecule has 0 aromatic carbocycles. The van der Waals surface area contributed by atoms with Gasteiger partial charge in [-0.1, -0.05) is 0 Å². The van der Waals surface area contributed by atoms with Crippen LogP contribution in [0.15, 0.2) is 28.0 Å². The van der Waals surface area contributed by atoms with E-state index in [-0.39, 0.29) is 24.0 Å². The Morgan fingerprint density at radius 3 is 3.06 bits per heavy atom. The number of thioether (sulfide) groups is 1. The van der Waals surface area contributed by atoms with Crippen LogP contribution in [0.5, 0.6) is 0 Å². The smallest absolute Gasteiger partial charge is 0.191 e. The topological polar surface area (TPSA) is 49.6 Å². The van der Waals surface area contributed by atoms with Crippen molar-refractivity contribution >= 4 is 41.7 Å². The predicted octanol–water partition coefficient (Wildman–Crippen LogP) is 2.46. The molecular weight excluding hydrogens is 361 g/mol. The first kappa shape index (κ1) is 15.7. The van der Waals surface area contributed by atoms with E-state index in [1.807, 2.05) is 6.07 Å². The minimum Gasteiger partial charge on any atom is -0.472 e. The number of guanidine groups is 1. The van der Waals surface area contributed by atoms with Crippen molar-refractivity contribution in [3.63, 3.8) is 0 Å². The number of rotatable bonds is 4. The maximum atomic E-state index is 5.02. The van der Waals surface area contributed by atoms with Gasteiger partial charge in [-0.05, 0) is 24.7 Å². The highest BCUT2D eigenvalue weighted by molar-refractivity contribution is 14.0. The van der Waals surface area contributed by atoms with Gasteiger partial charge in [0.15, 0.2) is 5.96 Å². The first-order valence-corrected chi connectivity index (χ1v) is 7.00. The summed E-state index contributed by atoms with van der Waals surface area (Å²) in [7, 11) is 1.80. The zero-order valence-corrected chi connectivity index (χ0v) is 13.7. The van der Waals surface area contributed by atoms with E-state index in [1.54, 1.807) is 19.6 Å². The number of nitrogens with zero attached hydrogens (tertiary/aromatic N) is 1. The minimum atomic E-state index is 0. The first-order chi connectivity index (χ1) is 8.38. The summed E-state index contributed by atoms with van der Waals surface area (Å²) >= 11 is 2.05. The third-order valence-electron chi connectivity index (χ3n) is 2.78. The number of aliphatic imine (C=N–C) groups is 1. The highest BCUT2D eigenvalue weighted by Crippen LogP contribution is 2.25. The third kappa shape index (κ3) is 5.09. The van der Waals surface area contributed by atoms with Crippen molar-refractivity contribution in [3.05, 3.63) is 24.2 Å². The summed E-state index contributed by atoms with van der Waals surface area (Å²) in [5.74, 6) is 2.16. The summed E-state index contributed by atoms with van der Waals surface area (Å²) in [6.45, 7) is 1.74. The average molecular weight is 381 g/mol. The van der Waals surface area contributed by atoms with Gasteiger partial charge in [-0.15, -0.1) is 24.0 Å². The lowest BCUT2D eigenvalue weighted by molar-refractivity contribution is 0.563. The molecule has 1 unspecified atom stereocenters. The lowest BCUT2D eigenvalue weighted by Gasteiger charge is -2.14. The van der Waals surface area contributed by atoms with Crippen LogP contribution < -0.4 is 10.6 Å². The summed E-state index contributed by atoms with van der Waals surface area (Å²) in [6.07, 6.45) is 6.09. The summed E-state index contributed by atoms with van der Waals surface area (Å²) < 4.78 is 5.02. The molecule has 18 heavy (non-hydrogen) atoms. The van der Waals surface area contributed by atoms with E-state index in [1.165, 1.54) is 18.6 Å². The number of halogens is 1. The van der Waals surface area contributed by atoms with Crippen LogP contribution in [0.4, 0.5) is 0 Å². The van der Waals surface area contributed by atoms with Gasteiger partial charge in [0.1, 0.15) is 0 Å². The van der Waals surface area contributed by atoms with Crippen molar-refractivity contribution in [2.45, 2.75) is 24.6 Å². The van der Waals surface area contributed by atoms with E-state index < -0.39 is 0 Å². The standard InChI is InChI=1S/C12H19N3OS.HI/c1-13-12(14-7-10-4-5-16-9-10)15-8-11-3-2-6-17-11;/h4-5,9,11H,2-3,6-8H2,1H3,(H2,13,14,15);1H. The van der Waals surface area contributed by atoms with E-state index in [4.69, 9.17) is 4.42 Å².